The Hall–Kier alpha value is -3.29. The van der Waals surface area contributed by atoms with E-state index < -0.39 is 0 Å². The number of benzene rings is 1. The predicted molar refractivity (Wildman–Crippen MR) is 74.2 cm³/mol. The van der Waals surface area contributed by atoms with E-state index >= 15 is 0 Å². The van der Waals surface area contributed by atoms with Crippen LogP contribution >= 0.6 is 0 Å². The van der Waals surface area contributed by atoms with Crippen LogP contribution < -0.4 is 10.9 Å². The van der Waals surface area contributed by atoms with Gasteiger partial charge < -0.3 is 10.3 Å². The number of nitrogens with one attached hydrogen (secondary N) is 2. The zero-order valence-corrected chi connectivity index (χ0v) is 10.7. The van der Waals surface area contributed by atoms with Crippen LogP contribution in [0.5, 0.6) is 0 Å². The van der Waals surface area contributed by atoms with E-state index in [9.17, 15) is 9.59 Å². The van der Waals surface area contributed by atoms with E-state index in [1.807, 2.05) is 0 Å². The Kier molecular flexibility index (Phi) is 3.26. The summed E-state index contributed by atoms with van der Waals surface area (Å²) in [7, 11) is 0. The number of aromatic amines is 1. The number of amides is 1. The molecule has 0 bridgehead atoms. The SMILES string of the molecule is O=C(Nc1ccc(-n2cnnn2)cc1)c1ccc(=O)[nH]c1. The molecule has 2 aromatic heterocycles. The molecule has 0 saturated heterocycles. The highest BCUT2D eigenvalue weighted by molar-refractivity contribution is 6.04. The monoisotopic (exact) mass is 282 g/mol. The molecule has 0 unspecified atom stereocenters. The van der Waals surface area contributed by atoms with Crippen LogP contribution in [0.1, 0.15) is 10.4 Å². The number of pyridine rings is 1. The molecular weight excluding hydrogens is 272 g/mol. The fourth-order valence-corrected chi connectivity index (χ4v) is 1.73. The minimum atomic E-state index is -0.304. The van der Waals surface area contributed by atoms with E-state index in [-0.39, 0.29) is 11.5 Å². The number of hydrogen-bond acceptors (Lipinski definition) is 5. The second-order valence-corrected chi connectivity index (χ2v) is 4.20. The van der Waals surface area contributed by atoms with Crippen LogP contribution in [0.2, 0.25) is 0 Å². The molecule has 0 aliphatic rings. The molecule has 3 rings (SSSR count). The van der Waals surface area contributed by atoms with Gasteiger partial charge in [0.1, 0.15) is 6.33 Å². The smallest absolute Gasteiger partial charge is 0.257 e. The summed E-state index contributed by atoms with van der Waals surface area (Å²) in [5, 5.41) is 13.6. The number of anilines is 1. The number of rotatable bonds is 3. The number of hydrogen-bond donors (Lipinski definition) is 2. The summed E-state index contributed by atoms with van der Waals surface area (Å²) < 4.78 is 1.51. The van der Waals surface area contributed by atoms with Crippen molar-refractivity contribution in [3.63, 3.8) is 0 Å². The van der Waals surface area contributed by atoms with Gasteiger partial charge in [0, 0.05) is 18.0 Å². The van der Waals surface area contributed by atoms with Crippen LogP contribution in [-0.2, 0) is 0 Å². The standard InChI is InChI=1S/C13H10N6O2/c20-12-6-1-9(7-14-12)13(21)16-10-2-4-11(5-3-10)19-8-15-17-18-19/h1-8H,(H,14,20)(H,16,21). The zero-order valence-electron chi connectivity index (χ0n) is 10.7. The maximum atomic E-state index is 12.0. The molecule has 0 spiro atoms. The Morgan fingerprint density at radius 3 is 2.57 bits per heavy atom. The molecule has 1 amide bonds. The first-order valence-electron chi connectivity index (χ1n) is 6.06. The van der Waals surface area contributed by atoms with Gasteiger partial charge in [-0.25, -0.2) is 4.68 Å². The largest absolute Gasteiger partial charge is 0.328 e. The van der Waals surface area contributed by atoms with Gasteiger partial charge in [0.15, 0.2) is 0 Å². The summed E-state index contributed by atoms with van der Waals surface area (Å²) in [6.07, 6.45) is 2.85. The van der Waals surface area contributed by atoms with Gasteiger partial charge in [0.25, 0.3) is 5.91 Å². The molecule has 0 radical (unpaired) electrons. The van der Waals surface area contributed by atoms with Crippen molar-refractivity contribution in [3.8, 4) is 5.69 Å². The van der Waals surface area contributed by atoms with E-state index in [1.54, 1.807) is 24.3 Å². The molecule has 1 aromatic carbocycles. The molecule has 0 aliphatic carbocycles. The molecule has 0 aliphatic heterocycles. The van der Waals surface area contributed by atoms with E-state index in [0.717, 1.165) is 5.69 Å². The van der Waals surface area contributed by atoms with Gasteiger partial charge in [-0.3, -0.25) is 9.59 Å². The maximum absolute atomic E-state index is 12.0. The Bertz CT molecular complexity index is 787. The van der Waals surface area contributed by atoms with E-state index in [1.165, 1.54) is 29.3 Å². The normalized spacial score (nSPS) is 10.3. The molecule has 3 aromatic rings. The Morgan fingerprint density at radius 1 is 1.14 bits per heavy atom. The van der Waals surface area contributed by atoms with Gasteiger partial charge in [-0.1, -0.05) is 0 Å². The summed E-state index contributed by atoms with van der Waals surface area (Å²) in [6, 6.07) is 9.79. The lowest BCUT2D eigenvalue weighted by Crippen LogP contribution is -2.14. The van der Waals surface area contributed by atoms with E-state index in [2.05, 4.69) is 25.8 Å². The van der Waals surface area contributed by atoms with Crippen molar-refractivity contribution < 1.29 is 4.79 Å². The van der Waals surface area contributed by atoms with Gasteiger partial charge in [-0.15, -0.1) is 5.10 Å². The second kappa shape index (κ2) is 5.37. The van der Waals surface area contributed by atoms with Crippen LogP contribution in [0, 0.1) is 0 Å². The number of H-pyrrole nitrogens is 1. The van der Waals surface area contributed by atoms with Gasteiger partial charge in [-0.05, 0) is 40.8 Å². The first-order chi connectivity index (χ1) is 10.2. The van der Waals surface area contributed by atoms with Crippen LogP contribution in [0.3, 0.4) is 0 Å². The molecule has 8 nitrogen and oxygen atoms in total. The van der Waals surface area contributed by atoms with Gasteiger partial charge in [-0.2, -0.15) is 0 Å². The van der Waals surface area contributed by atoms with Gasteiger partial charge in [0.05, 0.1) is 11.3 Å². The topological polar surface area (TPSA) is 106 Å². The number of nitrogens with zero attached hydrogens (tertiary/aromatic N) is 4. The Morgan fingerprint density at radius 2 is 1.95 bits per heavy atom. The highest BCUT2D eigenvalue weighted by Crippen LogP contribution is 2.12. The highest BCUT2D eigenvalue weighted by atomic mass is 16.1. The summed E-state index contributed by atoms with van der Waals surface area (Å²) in [6.45, 7) is 0. The third-order valence-corrected chi connectivity index (χ3v) is 2.79. The summed E-state index contributed by atoms with van der Waals surface area (Å²) in [5.74, 6) is -0.304. The molecule has 2 N–H and O–H groups in total. The van der Waals surface area contributed by atoms with E-state index in [0.29, 0.717) is 11.3 Å². The fourth-order valence-electron chi connectivity index (χ4n) is 1.73. The molecule has 8 heteroatoms. The predicted octanol–water partition coefficient (Wildman–Crippen LogP) is 0.603. The van der Waals surface area contributed by atoms with Crippen molar-refractivity contribution in [1.29, 1.82) is 0 Å². The lowest BCUT2D eigenvalue weighted by Gasteiger charge is -2.06. The third-order valence-electron chi connectivity index (χ3n) is 2.79. The first kappa shape index (κ1) is 12.7. The van der Waals surface area contributed by atoms with E-state index in [4.69, 9.17) is 0 Å². The summed E-state index contributed by atoms with van der Waals surface area (Å²) in [4.78, 5) is 25.4. The third kappa shape index (κ3) is 2.84. The van der Waals surface area contributed by atoms with Crippen LogP contribution in [0.4, 0.5) is 5.69 Å². The molecule has 0 fully saturated rings. The number of carbonyl (C=O) groups excluding carboxylic acids is 1. The summed E-state index contributed by atoms with van der Waals surface area (Å²) in [5.41, 5.74) is 1.53. The molecule has 104 valence electrons. The molecule has 0 atom stereocenters. The van der Waals surface area contributed by atoms with Crippen molar-refractivity contribution in [2.45, 2.75) is 0 Å². The quantitative estimate of drug-likeness (QED) is 0.732. The lowest BCUT2D eigenvalue weighted by atomic mass is 10.2. The first-order valence-corrected chi connectivity index (χ1v) is 6.06. The average molecular weight is 282 g/mol. The van der Waals surface area contributed by atoms with Gasteiger partial charge in [0.2, 0.25) is 5.56 Å². The second-order valence-electron chi connectivity index (χ2n) is 4.20. The minimum Gasteiger partial charge on any atom is -0.328 e. The van der Waals surface area contributed by atoms with Crippen LogP contribution in [0.25, 0.3) is 5.69 Å². The van der Waals surface area contributed by atoms with Crippen molar-refractivity contribution in [1.82, 2.24) is 25.2 Å². The number of carbonyl (C=O) groups is 1. The zero-order chi connectivity index (χ0) is 14.7. The van der Waals surface area contributed by atoms with Crippen LogP contribution in [-0.4, -0.2) is 31.1 Å². The fraction of sp³-hybridized carbons (Fsp3) is 0. The molecule has 21 heavy (non-hydrogen) atoms. The number of tetrazole rings is 1. The highest BCUT2D eigenvalue weighted by Gasteiger charge is 2.06. The molecule has 2 heterocycles. The Labute approximate surface area is 118 Å². The lowest BCUT2D eigenvalue weighted by molar-refractivity contribution is 0.102. The van der Waals surface area contributed by atoms with Crippen molar-refractivity contribution in [2.75, 3.05) is 5.32 Å². The maximum Gasteiger partial charge on any atom is 0.257 e. The molecular formula is C13H10N6O2. The van der Waals surface area contributed by atoms with Crippen molar-refractivity contribution >= 4 is 11.6 Å². The Balaban J connectivity index is 1.74. The van der Waals surface area contributed by atoms with Gasteiger partial charge >= 0.3 is 0 Å². The summed E-state index contributed by atoms with van der Waals surface area (Å²) >= 11 is 0. The van der Waals surface area contributed by atoms with Crippen LogP contribution in [0.15, 0.2) is 53.7 Å². The number of aromatic nitrogens is 5. The average Bonchev–Trinajstić information content (AvgIpc) is 3.03. The minimum absolute atomic E-state index is 0.252. The molecule has 0 saturated carbocycles. The van der Waals surface area contributed by atoms with Crippen molar-refractivity contribution in [2.24, 2.45) is 0 Å². The van der Waals surface area contributed by atoms with Crippen molar-refractivity contribution in [3.05, 3.63) is 64.8 Å².